The highest BCUT2D eigenvalue weighted by Gasteiger charge is 2.32. The van der Waals surface area contributed by atoms with Crippen molar-refractivity contribution < 1.29 is 14.7 Å². The first-order valence-corrected chi connectivity index (χ1v) is 7.98. The largest absolute Gasteiger partial charge is 0.481 e. The maximum absolute atomic E-state index is 12.1. The number of fused-ring (bicyclic) bond motifs is 1. The average Bonchev–Trinajstić information content (AvgIpc) is 2.84. The number of carboxylic acid groups (broad SMARTS) is 1. The topological polar surface area (TPSA) is 81.7 Å². The van der Waals surface area contributed by atoms with Crippen molar-refractivity contribution in [1.82, 2.24) is 15.5 Å². The van der Waals surface area contributed by atoms with Crippen LogP contribution in [0.25, 0.3) is 0 Å². The predicted octanol–water partition coefficient (Wildman–Crippen LogP) is 1.41. The number of carbonyl (C=O) groups is 2. The van der Waals surface area contributed by atoms with Gasteiger partial charge in [0, 0.05) is 24.7 Å². The first kappa shape index (κ1) is 16.1. The quantitative estimate of drug-likeness (QED) is 0.716. The van der Waals surface area contributed by atoms with Gasteiger partial charge in [0.25, 0.3) is 0 Å². The summed E-state index contributed by atoms with van der Waals surface area (Å²) in [5.74, 6) is -0.781. The van der Waals surface area contributed by atoms with Crippen molar-refractivity contribution in [3.8, 4) is 0 Å². The van der Waals surface area contributed by atoms with E-state index in [4.69, 9.17) is 5.11 Å². The molecule has 3 unspecified atom stereocenters. The van der Waals surface area contributed by atoms with Crippen LogP contribution in [0.5, 0.6) is 0 Å². The van der Waals surface area contributed by atoms with E-state index in [1.165, 1.54) is 19.4 Å². The molecule has 2 aliphatic heterocycles. The van der Waals surface area contributed by atoms with Crippen molar-refractivity contribution in [3.05, 3.63) is 0 Å². The van der Waals surface area contributed by atoms with Crippen LogP contribution in [0.1, 0.15) is 46.0 Å². The molecule has 2 fully saturated rings. The van der Waals surface area contributed by atoms with Gasteiger partial charge in [0.2, 0.25) is 0 Å². The van der Waals surface area contributed by atoms with E-state index in [-0.39, 0.29) is 30.5 Å². The lowest BCUT2D eigenvalue weighted by atomic mass is 9.97. The number of carbonyl (C=O) groups excluding carboxylic acids is 1. The molecular weight excluding hydrogens is 270 g/mol. The molecule has 0 aromatic carbocycles. The molecule has 0 radical (unpaired) electrons. The van der Waals surface area contributed by atoms with Gasteiger partial charge in [-0.25, -0.2) is 4.79 Å². The third-order valence-electron chi connectivity index (χ3n) is 4.67. The summed E-state index contributed by atoms with van der Waals surface area (Å²) >= 11 is 0. The van der Waals surface area contributed by atoms with E-state index in [0.29, 0.717) is 6.04 Å². The normalized spacial score (nSPS) is 27.2. The van der Waals surface area contributed by atoms with Crippen molar-refractivity contribution in [1.29, 1.82) is 0 Å². The van der Waals surface area contributed by atoms with Gasteiger partial charge in [-0.15, -0.1) is 0 Å². The fourth-order valence-corrected chi connectivity index (χ4v) is 3.39. The highest BCUT2D eigenvalue weighted by molar-refractivity contribution is 5.76. The Kier molecular flexibility index (Phi) is 5.45. The van der Waals surface area contributed by atoms with Gasteiger partial charge in [0.05, 0.1) is 6.42 Å². The molecule has 21 heavy (non-hydrogen) atoms. The molecule has 120 valence electrons. The van der Waals surface area contributed by atoms with Crippen LogP contribution in [0.3, 0.4) is 0 Å². The van der Waals surface area contributed by atoms with Gasteiger partial charge in [-0.1, -0.05) is 13.8 Å². The zero-order chi connectivity index (χ0) is 15.4. The monoisotopic (exact) mass is 297 g/mol. The van der Waals surface area contributed by atoms with Crippen LogP contribution in [-0.4, -0.2) is 53.2 Å². The summed E-state index contributed by atoms with van der Waals surface area (Å²) in [5, 5.41) is 14.7. The molecule has 6 heteroatoms. The average molecular weight is 297 g/mol. The van der Waals surface area contributed by atoms with Gasteiger partial charge in [-0.2, -0.15) is 0 Å². The molecule has 2 aliphatic rings. The number of piperidine rings is 1. The second-order valence-corrected chi connectivity index (χ2v) is 6.62. The Labute approximate surface area is 126 Å². The molecular formula is C15H27N3O3. The second kappa shape index (κ2) is 7.11. The van der Waals surface area contributed by atoms with Gasteiger partial charge in [-0.05, 0) is 38.1 Å². The SMILES string of the molecule is CC(C)C(CC(=O)O)NC(=O)NC1CCN2CCCC2C1. The van der Waals surface area contributed by atoms with Crippen LogP contribution in [0, 0.1) is 5.92 Å². The van der Waals surface area contributed by atoms with Crippen LogP contribution < -0.4 is 10.6 Å². The van der Waals surface area contributed by atoms with Gasteiger partial charge in [-0.3, -0.25) is 4.79 Å². The zero-order valence-electron chi connectivity index (χ0n) is 13.0. The van der Waals surface area contributed by atoms with Gasteiger partial charge >= 0.3 is 12.0 Å². The molecule has 2 saturated heterocycles. The van der Waals surface area contributed by atoms with E-state index in [2.05, 4.69) is 15.5 Å². The number of aliphatic carboxylic acids is 1. The van der Waals surface area contributed by atoms with E-state index in [1.807, 2.05) is 13.8 Å². The standard InChI is InChI=1S/C15H27N3O3/c1-10(2)13(9-14(19)20)17-15(21)16-11-5-7-18-6-3-4-12(18)8-11/h10-13H,3-9H2,1-2H3,(H,19,20)(H2,16,17,21). The Morgan fingerprint density at radius 1 is 1.29 bits per heavy atom. The first-order valence-electron chi connectivity index (χ1n) is 7.98. The lowest BCUT2D eigenvalue weighted by Crippen LogP contribution is -2.52. The van der Waals surface area contributed by atoms with Gasteiger partial charge in [0.1, 0.15) is 0 Å². The third kappa shape index (κ3) is 4.59. The van der Waals surface area contributed by atoms with E-state index < -0.39 is 5.97 Å². The van der Waals surface area contributed by atoms with Crippen LogP contribution in [0.15, 0.2) is 0 Å². The van der Waals surface area contributed by atoms with Crippen molar-refractivity contribution in [2.24, 2.45) is 5.92 Å². The van der Waals surface area contributed by atoms with Crippen molar-refractivity contribution >= 4 is 12.0 Å². The van der Waals surface area contributed by atoms with Crippen LogP contribution in [-0.2, 0) is 4.79 Å². The van der Waals surface area contributed by atoms with Gasteiger partial charge < -0.3 is 20.6 Å². The Bertz CT molecular complexity index is 386. The maximum atomic E-state index is 12.1. The number of rotatable bonds is 5. The summed E-state index contributed by atoms with van der Waals surface area (Å²) < 4.78 is 0. The van der Waals surface area contributed by atoms with E-state index in [0.717, 1.165) is 19.4 Å². The molecule has 3 atom stereocenters. The molecule has 0 saturated carbocycles. The molecule has 0 spiro atoms. The Morgan fingerprint density at radius 2 is 2.05 bits per heavy atom. The summed E-state index contributed by atoms with van der Waals surface area (Å²) in [6.45, 7) is 6.09. The smallest absolute Gasteiger partial charge is 0.315 e. The summed E-state index contributed by atoms with van der Waals surface area (Å²) in [4.78, 5) is 25.4. The Morgan fingerprint density at radius 3 is 2.71 bits per heavy atom. The maximum Gasteiger partial charge on any atom is 0.315 e. The number of carboxylic acids is 1. The van der Waals surface area contributed by atoms with E-state index in [1.54, 1.807) is 0 Å². The molecule has 2 rings (SSSR count). The van der Waals surface area contributed by atoms with Crippen molar-refractivity contribution in [2.45, 2.75) is 64.1 Å². The lowest BCUT2D eigenvalue weighted by molar-refractivity contribution is -0.137. The number of amides is 2. The van der Waals surface area contributed by atoms with E-state index >= 15 is 0 Å². The summed E-state index contributed by atoms with van der Waals surface area (Å²) in [5.41, 5.74) is 0. The second-order valence-electron chi connectivity index (χ2n) is 6.62. The molecule has 6 nitrogen and oxygen atoms in total. The predicted molar refractivity (Wildman–Crippen MR) is 80.2 cm³/mol. The summed E-state index contributed by atoms with van der Waals surface area (Å²) in [6, 6.07) is 0.270. The first-order chi connectivity index (χ1) is 9.95. The number of hydrogen-bond acceptors (Lipinski definition) is 3. The molecule has 0 aromatic heterocycles. The number of nitrogens with zero attached hydrogens (tertiary/aromatic N) is 1. The van der Waals surface area contributed by atoms with Crippen LogP contribution in [0.4, 0.5) is 4.79 Å². The van der Waals surface area contributed by atoms with Crippen LogP contribution in [0.2, 0.25) is 0 Å². The van der Waals surface area contributed by atoms with Gasteiger partial charge in [0.15, 0.2) is 0 Å². The van der Waals surface area contributed by atoms with Crippen molar-refractivity contribution in [3.63, 3.8) is 0 Å². The highest BCUT2D eigenvalue weighted by atomic mass is 16.4. The van der Waals surface area contributed by atoms with Crippen molar-refractivity contribution in [2.75, 3.05) is 13.1 Å². The molecule has 0 aromatic rings. The third-order valence-corrected chi connectivity index (χ3v) is 4.67. The molecule has 2 amide bonds. The minimum atomic E-state index is -0.881. The molecule has 3 N–H and O–H groups in total. The summed E-state index contributed by atoms with van der Waals surface area (Å²) in [7, 11) is 0. The van der Waals surface area contributed by atoms with Crippen LogP contribution >= 0.6 is 0 Å². The molecule has 0 bridgehead atoms. The number of nitrogens with one attached hydrogen (secondary N) is 2. The molecule has 2 heterocycles. The number of urea groups is 1. The summed E-state index contributed by atoms with van der Waals surface area (Å²) in [6.07, 6.45) is 4.45. The number of hydrogen-bond donors (Lipinski definition) is 3. The molecule has 0 aliphatic carbocycles. The minimum absolute atomic E-state index is 0.0356. The van der Waals surface area contributed by atoms with E-state index in [9.17, 15) is 9.59 Å². The fourth-order valence-electron chi connectivity index (χ4n) is 3.39. The fraction of sp³-hybridized carbons (Fsp3) is 0.867. The minimum Gasteiger partial charge on any atom is -0.481 e. The Balaban J connectivity index is 1.79. The highest BCUT2D eigenvalue weighted by Crippen LogP contribution is 2.26. The zero-order valence-corrected chi connectivity index (χ0v) is 13.0. The lowest BCUT2D eigenvalue weighted by Gasteiger charge is -2.35. The Hall–Kier alpha value is -1.30.